The zero-order chi connectivity index (χ0) is 18.8. The summed E-state index contributed by atoms with van der Waals surface area (Å²) < 4.78 is 16.2. The quantitative estimate of drug-likeness (QED) is 0.344. The lowest BCUT2D eigenvalue weighted by Crippen LogP contribution is -2.40. The molecule has 0 aromatic heterocycles. The second-order valence-corrected chi connectivity index (χ2v) is 6.67. The van der Waals surface area contributed by atoms with Gasteiger partial charge >= 0.3 is 0 Å². The van der Waals surface area contributed by atoms with E-state index in [0.717, 1.165) is 61.7 Å². The predicted molar refractivity (Wildman–Crippen MR) is 121 cm³/mol. The third-order valence-corrected chi connectivity index (χ3v) is 4.95. The van der Waals surface area contributed by atoms with Gasteiger partial charge in [-0.05, 0) is 55.4 Å². The molecule has 1 aromatic rings. The van der Waals surface area contributed by atoms with Gasteiger partial charge in [0.1, 0.15) is 11.5 Å². The first kappa shape index (κ1) is 23.8. The fourth-order valence-corrected chi connectivity index (χ4v) is 3.29. The van der Waals surface area contributed by atoms with Crippen LogP contribution in [0, 0.1) is 5.92 Å². The molecule has 7 heteroatoms. The average molecular weight is 491 g/mol. The van der Waals surface area contributed by atoms with Crippen molar-refractivity contribution in [1.82, 2.24) is 10.2 Å². The number of halogens is 1. The summed E-state index contributed by atoms with van der Waals surface area (Å²) in [6, 6.07) is 5.89. The molecule has 0 radical (unpaired) electrons. The maximum atomic E-state index is 5.45. The van der Waals surface area contributed by atoms with Crippen LogP contribution in [0.1, 0.15) is 24.8 Å². The number of benzene rings is 1. The van der Waals surface area contributed by atoms with Crippen molar-refractivity contribution in [2.24, 2.45) is 10.9 Å². The minimum Gasteiger partial charge on any atom is -0.497 e. The van der Waals surface area contributed by atoms with Crippen LogP contribution in [0.4, 0.5) is 0 Å². The van der Waals surface area contributed by atoms with Gasteiger partial charge in [0.05, 0.1) is 14.2 Å². The lowest BCUT2D eigenvalue weighted by molar-refractivity contribution is 0.0625. The summed E-state index contributed by atoms with van der Waals surface area (Å²) in [6.07, 6.45) is 4.38. The Labute approximate surface area is 180 Å². The Balaban J connectivity index is 0.00000364. The molecule has 0 amide bonds. The average Bonchev–Trinajstić information content (AvgIpc) is 2.70. The van der Waals surface area contributed by atoms with E-state index in [1.54, 1.807) is 14.2 Å². The van der Waals surface area contributed by atoms with Crippen molar-refractivity contribution >= 4 is 29.9 Å². The van der Waals surface area contributed by atoms with Crippen LogP contribution in [0.25, 0.3) is 0 Å². The lowest BCUT2D eigenvalue weighted by atomic mass is 9.96. The summed E-state index contributed by atoms with van der Waals surface area (Å²) in [6.45, 7) is 3.61. The molecule has 0 spiro atoms. The van der Waals surface area contributed by atoms with E-state index in [2.05, 4.69) is 22.3 Å². The topological polar surface area (TPSA) is 55.3 Å². The minimum atomic E-state index is 0. The molecule has 27 heavy (non-hydrogen) atoms. The molecular formula is C20H34IN3O3. The SMILES string of the molecule is CN=C(NCCc1cc(OC)ccc1OC)N(C)CCC1CCOCC1.I. The van der Waals surface area contributed by atoms with Gasteiger partial charge in [-0.3, -0.25) is 4.99 Å². The molecular weight excluding hydrogens is 457 g/mol. The van der Waals surface area contributed by atoms with Crippen molar-refractivity contribution < 1.29 is 14.2 Å². The van der Waals surface area contributed by atoms with Crippen molar-refractivity contribution in [3.05, 3.63) is 23.8 Å². The lowest BCUT2D eigenvalue weighted by Gasteiger charge is -2.27. The zero-order valence-corrected chi connectivity index (χ0v) is 19.3. The third-order valence-electron chi connectivity index (χ3n) is 4.95. The highest BCUT2D eigenvalue weighted by molar-refractivity contribution is 14.0. The Bertz CT molecular complexity index is 578. The Morgan fingerprint density at radius 1 is 1.26 bits per heavy atom. The maximum absolute atomic E-state index is 5.45. The van der Waals surface area contributed by atoms with Crippen LogP contribution in [-0.4, -0.2) is 65.5 Å². The Morgan fingerprint density at radius 2 is 2.00 bits per heavy atom. The molecule has 1 aliphatic rings. The highest BCUT2D eigenvalue weighted by Crippen LogP contribution is 2.24. The second kappa shape index (κ2) is 13.0. The molecule has 0 aliphatic carbocycles. The standard InChI is InChI=1S/C20H33N3O3.HI/c1-21-20(23(2)12-8-16-9-13-26-14-10-16)22-11-7-17-15-18(24-3)5-6-19(17)25-4;/h5-6,15-16H,7-14H2,1-4H3,(H,21,22);1H. The fourth-order valence-electron chi connectivity index (χ4n) is 3.29. The molecule has 1 heterocycles. The first-order chi connectivity index (χ1) is 12.7. The van der Waals surface area contributed by atoms with Crippen LogP contribution < -0.4 is 14.8 Å². The number of guanidine groups is 1. The minimum absolute atomic E-state index is 0. The smallest absolute Gasteiger partial charge is 0.193 e. The molecule has 154 valence electrons. The largest absolute Gasteiger partial charge is 0.497 e. The Kier molecular flexibility index (Phi) is 11.5. The van der Waals surface area contributed by atoms with Crippen LogP contribution in [0.2, 0.25) is 0 Å². The van der Waals surface area contributed by atoms with Gasteiger partial charge in [-0.15, -0.1) is 24.0 Å². The van der Waals surface area contributed by atoms with Gasteiger partial charge < -0.3 is 24.4 Å². The summed E-state index contributed by atoms with van der Waals surface area (Å²) >= 11 is 0. The molecule has 6 nitrogen and oxygen atoms in total. The van der Waals surface area contributed by atoms with Crippen molar-refractivity contribution in [3.8, 4) is 11.5 Å². The maximum Gasteiger partial charge on any atom is 0.193 e. The molecule has 1 N–H and O–H groups in total. The van der Waals surface area contributed by atoms with Gasteiger partial charge in [-0.25, -0.2) is 0 Å². The van der Waals surface area contributed by atoms with Crippen LogP contribution in [-0.2, 0) is 11.2 Å². The molecule has 1 fully saturated rings. The van der Waals surface area contributed by atoms with Gasteiger partial charge in [-0.2, -0.15) is 0 Å². The summed E-state index contributed by atoms with van der Waals surface area (Å²) in [4.78, 5) is 6.62. The van der Waals surface area contributed by atoms with E-state index in [1.807, 2.05) is 25.2 Å². The monoisotopic (exact) mass is 491 g/mol. The molecule has 0 bridgehead atoms. The molecule has 2 rings (SSSR count). The number of hydrogen-bond donors (Lipinski definition) is 1. The van der Waals surface area contributed by atoms with E-state index in [4.69, 9.17) is 14.2 Å². The van der Waals surface area contributed by atoms with Gasteiger partial charge in [-0.1, -0.05) is 0 Å². The van der Waals surface area contributed by atoms with Gasteiger partial charge in [0, 0.05) is 40.4 Å². The first-order valence-electron chi connectivity index (χ1n) is 9.38. The molecule has 0 atom stereocenters. The first-order valence-corrected chi connectivity index (χ1v) is 9.38. The van der Waals surface area contributed by atoms with Gasteiger partial charge in [0.15, 0.2) is 5.96 Å². The van der Waals surface area contributed by atoms with Crippen molar-refractivity contribution in [1.29, 1.82) is 0 Å². The highest BCUT2D eigenvalue weighted by atomic mass is 127. The molecule has 1 aliphatic heterocycles. The molecule has 1 saturated heterocycles. The van der Waals surface area contributed by atoms with Crippen molar-refractivity contribution in [3.63, 3.8) is 0 Å². The number of nitrogens with zero attached hydrogens (tertiary/aromatic N) is 2. The summed E-state index contributed by atoms with van der Waals surface area (Å²) in [5, 5.41) is 3.45. The fraction of sp³-hybridized carbons (Fsp3) is 0.650. The van der Waals surface area contributed by atoms with Crippen molar-refractivity contribution in [2.45, 2.75) is 25.7 Å². The second-order valence-electron chi connectivity index (χ2n) is 6.67. The number of aliphatic imine (C=N–C) groups is 1. The van der Waals surface area contributed by atoms with E-state index in [0.29, 0.717) is 0 Å². The number of hydrogen-bond acceptors (Lipinski definition) is 4. The van der Waals surface area contributed by atoms with Crippen LogP contribution in [0.3, 0.4) is 0 Å². The number of rotatable bonds is 8. The molecule has 0 saturated carbocycles. The Morgan fingerprint density at radius 3 is 2.63 bits per heavy atom. The number of ether oxygens (including phenoxy) is 3. The highest BCUT2D eigenvalue weighted by Gasteiger charge is 2.15. The van der Waals surface area contributed by atoms with E-state index in [9.17, 15) is 0 Å². The van der Waals surface area contributed by atoms with E-state index in [-0.39, 0.29) is 24.0 Å². The van der Waals surface area contributed by atoms with Crippen LogP contribution in [0.15, 0.2) is 23.2 Å². The Hall–Kier alpha value is -1.22. The summed E-state index contributed by atoms with van der Waals surface area (Å²) in [5.74, 6) is 3.43. The van der Waals surface area contributed by atoms with E-state index < -0.39 is 0 Å². The molecule has 0 unspecified atom stereocenters. The van der Waals surface area contributed by atoms with E-state index in [1.165, 1.54) is 19.3 Å². The third kappa shape index (κ3) is 7.73. The predicted octanol–water partition coefficient (Wildman–Crippen LogP) is 3.19. The molecule has 1 aromatic carbocycles. The van der Waals surface area contributed by atoms with Gasteiger partial charge in [0.2, 0.25) is 0 Å². The van der Waals surface area contributed by atoms with Crippen LogP contribution in [0.5, 0.6) is 11.5 Å². The van der Waals surface area contributed by atoms with Gasteiger partial charge in [0.25, 0.3) is 0 Å². The number of nitrogens with one attached hydrogen (secondary N) is 1. The summed E-state index contributed by atoms with van der Waals surface area (Å²) in [5.41, 5.74) is 1.12. The van der Waals surface area contributed by atoms with Crippen molar-refractivity contribution in [2.75, 3.05) is 54.6 Å². The number of methoxy groups -OCH3 is 2. The van der Waals surface area contributed by atoms with Crippen LogP contribution >= 0.6 is 24.0 Å². The normalized spacial score (nSPS) is 15.0. The summed E-state index contributed by atoms with van der Waals surface area (Å²) in [7, 11) is 7.31. The van der Waals surface area contributed by atoms with E-state index >= 15 is 0 Å². The zero-order valence-electron chi connectivity index (χ0n) is 17.0.